The monoisotopic (exact) mass is 435 g/mol. The first-order valence-corrected chi connectivity index (χ1v) is 11.6. The molecular formula is C19H21N3O5S2. The number of piperidine rings is 1. The smallest absolute Gasteiger partial charge is 0.337 e. The summed E-state index contributed by atoms with van der Waals surface area (Å²) in [5.74, 6) is 1.49. The van der Waals surface area contributed by atoms with E-state index in [-0.39, 0.29) is 18.4 Å². The number of carbonyl (C=O) groups is 2. The number of methoxy groups -OCH3 is 1. The van der Waals surface area contributed by atoms with Crippen LogP contribution in [0.15, 0.2) is 23.2 Å². The molecule has 1 aliphatic heterocycles. The van der Waals surface area contributed by atoms with Crippen molar-refractivity contribution in [1.29, 1.82) is 0 Å². The second-order valence-electron chi connectivity index (χ2n) is 6.74. The molecule has 0 N–H and O–H groups in total. The van der Waals surface area contributed by atoms with E-state index in [9.17, 15) is 18.0 Å². The molecule has 0 unspecified atom stereocenters. The number of fused-ring (bicyclic) bond motifs is 1. The Morgan fingerprint density at radius 3 is 2.62 bits per heavy atom. The zero-order valence-electron chi connectivity index (χ0n) is 16.1. The zero-order chi connectivity index (χ0) is 21.2. The van der Waals surface area contributed by atoms with E-state index in [1.165, 1.54) is 29.0 Å². The van der Waals surface area contributed by atoms with Gasteiger partial charge in [0.2, 0.25) is 10.0 Å². The van der Waals surface area contributed by atoms with E-state index >= 15 is 0 Å². The molecule has 1 amide bonds. The summed E-state index contributed by atoms with van der Waals surface area (Å²) in [6.45, 7) is 0.851. The Morgan fingerprint density at radius 1 is 1.34 bits per heavy atom. The van der Waals surface area contributed by atoms with Gasteiger partial charge in [0.25, 0.3) is 5.91 Å². The summed E-state index contributed by atoms with van der Waals surface area (Å²) in [6.07, 6.45) is 7.51. The molecule has 8 nitrogen and oxygen atoms in total. The predicted molar refractivity (Wildman–Crippen MR) is 110 cm³/mol. The lowest BCUT2D eigenvalue weighted by Gasteiger charge is -2.28. The summed E-state index contributed by atoms with van der Waals surface area (Å²) >= 11 is 1.27. The quantitative estimate of drug-likeness (QED) is 0.531. The molecule has 1 saturated heterocycles. The van der Waals surface area contributed by atoms with E-state index < -0.39 is 16.0 Å². The van der Waals surface area contributed by atoms with Gasteiger partial charge >= 0.3 is 5.97 Å². The summed E-state index contributed by atoms with van der Waals surface area (Å²) in [7, 11) is -1.94. The summed E-state index contributed by atoms with van der Waals surface area (Å²) in [5, 5.41) is 0. The number of benzene rings is 1. The van der Waals surface area contributed by atoms with E-state index in [4.69, 9.17) is 11.2 Å². The van der Waals surface area contributed by atoms with Crippen LogP contribution in [-0.2, 0) is 26.1 Å². The van der Waals surface area contributed by atoms with Gasteiger partial charge in [0, 0.05) is 19.0 Å². The maximum atomic E-state index is 12.7. The van der Waals surface area contributed by atoms with E-state index in [1.807, 2.05) is 0 Å². The fourth-order valence-electron chi connectivity index (χ4n) is 3.27. The molecule has 0 aliphatic carbocycles. The minimum atomic E-state index is -3.25. The van der Waals surface area contributed by atoms with Crippen LogP contribution in [0.5, 0.6) is 0 Å². The fourth-order valence-corrected chi connectivity index (χ4v) is 5.22. The number of esters is 1. The number of rotatable bonds is 4. The Labute approximate surface area is 172 Å². The average Bonchev–Trinajstić information content (AvgIpc) is 3.03. The van der Waals surface area contributed by atoms with Crippen molar-refractivity contribution in [3.8, 4) is 12.3 Å². The highest BCUT2D eigenvalue weighted by Gasteiger charge is 2.29. The van der Waals surface area contributed by atoms with Crippen LogP contribution >= 0.6 is 11.3 Å². The number of sulfonamides is 1. The number of amides is 1. The first-order valence-electron chi connectivity index (χ1n) is 8.93. The first kappa shape index (κ1) is 21.2. The molecule has 3 rings (SSSR count). The molecule has 1 aromatic carbocycles. The normalized spacial score (nSPS) is 16.7. The van der Waals surface area contributed by atoms with Crippen LogP contribution < -0.4 is 4.80 Å². The van der Waals surface area contributed by atoms with Gasteiger partial charge in [-0.1, -0.05) is 17.3 Å². The maximum Gasteiger partial charge on any atom is 0.337 e. The molecule has 0 saturated carbocycles. The Balaban J connectivity index is 1.92. The molecule has 2 heterocycles. The minimum Gasteiger partial charge on any atom is -0.465 e. The topological polar surface area (TPSA) is 98.0 Å². The standard InChI is InChI=1S/C19H21N3O5S2/c1-4-9-22-15-6-5-14(18(24)27-2)12-16(15)28-19(22)20-17(23)13-7-10-21(11-8-13)29(3,25)26/h1,5-6,12-13H,7-11H2,2-3H3. The van der Waals surface area contributed by atoms with E-state index in [2.05, 4.69) is 10.9 Å². The molecule has 154 valence electrons. The lowest BCUT2D eigenvalue weighted by molar-refractivity contribution is -0.122. The van der Waals surface area contributed by atoms with Crippen LogP contribution in [0.4, 0.5) is 0 Å². The summed E-state index contributed by atoms with van der Waals surface area (Å²) in [4.78, 5) is 29.2. The Bertz CT molecular complexity index is 1160. The van der Waals surface area contributed by atoms with Crippen molar-refractivity contribution in [3.05, 3.63) is 28.6 Å². The average molecular weight is 436 g/mol. The molecule has 0 spiro atoms. The highest BCUT2D eigenvalue weighted by molar-refractivity contribution is 7.88. The van der Waals surface area contributed by atoms with Crippen LogP contribution in [0.2, 0.25) is 0 Å². The molecule has 1 fully saturated rings. The molecule has 29 heavy (non-hydrogen) atoms. The van der Waals surface area contributed by atoms with E-state index in [1.54, 1.807) is 22.8 Å². The highest BCUT2D eigenvalue weighted by Crippen LogP contribution is 2.22. The molecule has 0 radical (unpaired) electrons. The van der Waals surface area contributed by atoms with Crippen molar-refractivity contribution in [2.45, 2.75) is 19.4 Å². The lowest BCUT2D eigenvalue weighted by atomic mass is 9.98. The second-order valence-corrected chi connectivity index (χ2v) is 9.73. The van der Waals surface area contributed by atoms with Gasteiger partial charge in [0.15, 0.2) is 4.80 Å². The van der Waals surface area contributed by atoms with Crippen molar-refractivity contribution in [2.24, 2.45) is 10.9 Å². The van der Waals surface area contributed by atoms with Gasteiger partial charge in [0.05, 0.1) is 35.7 Å². The lowest BCUT2D eigenvalue weighted by Crippen LogP contribution is -2.39. The third-order valence-electron chi connectivity index (χ3n) is 4.83. The summed E-state index contributed by atoms with van der Waals surface area (Å²) in [6, 6.07) is 5.08. The number of aromatic nitrogens is 1. The molecule has 0 bridgehead atoms. The SMILES string of the molecule is C#CCn1c(=NC(=O)C2CCN(S(C)(=O)=O)CC2)sc2cc(C(=O)OC)ccc21. The molecule has 10 heteroatoms. The zero-order valence-corrected chi connectivity index (χ0v) is 17.8. The third-order valence-corrected chi connectivity index (χ3v) is 7.18. The third kappa shape index (κ3) is 4.58. The van der Waals surface area contributed by atoms with Gasteiger partial charge in [0.1, 0.15) is 0 Å². The molecule has 1 aliphatic rings. The number of terminal acetylenes is 1. The first-order chi connectivity index (χ1) is 13.7. The van der Waals surface area contributed by atoms with Crippen molar-refractivity contribution >= 4 is 43.5 Å². The van der Waals surface area contributed by atoms with Crippen LogP contribution in [0.3, 0.4) is 0 Å². The van der Waals surface area contributed by atoms with Crippen molar-refractivity contribution in [3.63, 3.8) is 0 Å². The van der Waals surface area contributed by atoms with Gasteiger partial charge < -0.3 is 9.30 Å². The number of hydrogen-bond acceptors (Lipinski definition) is 6. The van der Waals surface area contributed by atoms with Crippen molar-refractivity contribution in [2.75, 3.05) is 26.5 Å². The van der Waals surface area contributed by atoms with Gasteiger partial charge in [-0.2, -0.15) is 4.99 Å². The Morgan fingerprint density at radius 2 is 2.03 bits per heavy atom. The Kier molecular flexibility index (Phi) is 6.21. The van der Waals surface area contributed by atoms with Crippen LogP contribution in [0.25, 0.3) is 10.2 Å². The maximum absolute atomic E-state index is 12.7. The van der Waals surface area contributed by atoms with Gasteiger partial charge in [-0.3, -0.25) is 4.79 Å². The van der Waals surface area contributed by atoms with Crippen molar-refractivity contribution in [1.82, 2.24) is 8.87 Å². The summed E-state index contributed by atoms with van der Waals surface area (Å²) < 4.78 is 31.9. The van der Waals surface area contributed by atoms with Crippen LogP contribution in [-0.4, -0.2) is 55.6 Å². The van der Waals surface area contributed by atoms with Gasteiger partial charge in [-0.15, -0.1) is 6.42 Å². The largest absolute Gasteiger partial charge is 0.465 e. The van der Waals surface area contributed by atoms with Gasteiger partial charge in [-0.05, 0) is 31.0 Å². The fraction of sp³-hybridized carbons (Fsp3) is 0.421. The van der Waals surface area contributed by atoms with Crippen molar-refractivity contribution < 1.29 is 22.7 Å². The number of ether oxygens (including phenoxy) is 1. The molecule has 0 atom stereocenters. The number of nitrogens with zero attached hydrogens (tertiary/aromatic N) is 3. The van der Waals surface area contributed by atoms with Gasteiger partial charge in [-0.25, -0.2) is 17.5 Å². The Hall–Kier alpha value is -2.48. The highest BCUT2D eigenvalue weighted by atomic mass is 32.2. The number of carbonyl (C=O) groups excluding carboxylic acids is 2. The second kappa shape index (κ2) is 8.49. The minimum absolute atomic E-state index is 0.232. The van der Waals surface area contributed by atoms with Crippen LogP contribution in [0.1, 0.15) is 23.2 Å². The van der Waals surface area contributed by atoms with Crippen LogP contribution in [0, 0.1) is 18.3 Å². The molecule has 2 aromatic rings. The predicted octanol–water partition coefficient (Wildman–Crippen LogP) is 1.22. The molecule has 1 aromatic heterocycles. The summed E-state index contributed by atoms with van der Waals surface area (Å²) in [5.41, 5.74) is 1.18. The number of hydrogen-bond donors (Lipinski definition) is 0. The number of thiazole rings is 1. The van der Waals surface area contributed by atoms with E-state index in [0.29, 0.717) is 36.3 Å². The molecular weight excluding hydrogens is 414 g/mol. The van der Waals surface area contributed by atoms with E-state index in [0.717, 1.165) is 10.2 Å².